The summed E-state index contributed by atoms with van der Waals surface area (Å²) < 4.78 is 6.04. The number of hydrogen-bond donors (Lipinski definition) is 1. The third-order valence-corrected chi connectivity index (χ3v) is 5.36. The van der Waals surface area contributed by atoms with Crippen molar-refractivity contribution in [1.29, 1.82) is 0 Å². The van der Waals surface area contributed by atoms with Gasteiger partial charge in [-0.2, -0.15) is 0 Å². The highest BCUT2D eigenvalue weighted by atomic mass is 35.5. The zero-order valence-corrected chi connectivity index (χ0v) is 17.0. The fourth-order valence-corrected chi connectivity index (χ4v) is 3.58. The van der Waals surface area contributed by atoms with Crippen LogP contribution in [0.15, 0.2) is 54.6 Å². The van der Waals surface area contributed by atoms with E-state index in [1.165, 1.54) is 5.56 Å². The molecule has 0 spiro atoms. The molecular formula is C22H29ClN2O2. The van der Waals surface area contributed by atoms with Gasteiger partial charge in [0, 0.05) is 6.04 Å². The summed E-state index contributed by atoms with van der Waals surface area (Å²) in [5.41, 5.74) is 9.71. The van der Waals surface area contributed by atoms with Gasteiger partial charge in [0.05, 0.1) is 25.1 Å². The van der Waals surface area contributed by atoms with Crippen LogP contribution in [0.5, 0.6) is 0 Å². The number of halogens is 1. The van der Waals surface area contributed by atoms with Crippen molar-refractivity contribution in [3.63, 3.8) is 0 Å². The van der Waals surface area contributed by atoms with Crippen LogP contribution in [0.4, 0.5) is 0 Å². The number of aryl methyl sites for hydroxylation is 1. The Bertz CT molecular complexity index is 753. The first-order chi connectivity index (χ1) is 12.5. The smallest absolute Gasteiger partial charge is 0.227 e. The number of rotatable bonds is 4. The number of morpholine rings is 1. The molecule has 1 saturated heterocycles. The lowest BCUT2D eigenvalue weighted by Crippen LogP contribution is -2.51. The van der Waals surface area contributed by atoms with E-state index in [1.807, 2.05) is 61.2 Å². The maximum absolute atomic E-state index is 13.2. The Morgan fingerprint density at radius 1 is 1.15 bits per heavy atom. The zero-order chi connectivity index (χ0) is 18.7. The lowest BCUT2D eigenvalue weighted by Gasteiger charge is -2.40. The minimum Gasteiger partial charge on any atom is -0.370 e. The Morgan fingerprint density at radius 2 is 1.78 bits per heavy atom. The van der Waals surface area contributed by atoms with Gasteiger partial charge in [0.1, 0.15) is 6.10 Å². The molecule has 146 valence electrons. The topological polar surface area (TPSA) is 55.6 Å². The predicted molar refractivity (Wildman–Crippen MR) is 111 cm³/mol. The van der Waals surface area contributed by atoms with Crippen LogP contribution in [0.2, 0.25) is 0 Å². The van der Waals surface area contributed by atoms with Gasteiger partial charge in [-0.25, -0.2) is 0 Å². The summed E-state index contributed by atoms with van der Waals surface area (Å²) in [6.07, 6.45) is -0.0866. The molecule has 1 aliphatic heterocycles. The number of nitrogens with two attached hydrogens (primary N) is 1. The molecule has 5 heteroatoms. The number of carbonyl (C=O) groups is 1. The van der Waals surface area contributed by atoms with Gasteiger partial charge in [0.2, 0.25) is 5.91 Å². The molecule has 4 atom stereocenters. The van der Waals surface area contributed by atoms with Gasteiger partial charge < -0.3 is 15.4 Å². The molecule has 0 aromatic heterocycles. The molecule has 27 heavy (non-hydrogen) atoms. The van der Waals surface area contributed by atoms with Crippen molar-refractivity contribution in [2.24, 2.45) is 11.7 Å². The van der Waals surface area contributed by atoms with Crippen LogP contribution in [0.3, 0.4) is 0 Å². The second-order valence-corrected chi connectivity index (χ2v) is 7.24. The summed E-state index contributed by atoms with van der Waals surface area (Å²) in [7, 11) is 0. The van der Waals surface area contributed by atoms with Crippen LogP contribution in [0.1, 0.15) is 42.7 Å². The minimum absolute atomic E-state index is 0. The third-order valence-electron chi connectivity index (χ3n) is 5.36. The number of nitrogens with zero attached hydrogens (tertiary/aromatic N) is 1. The molecule has 1 amide bonds. The maximum Gasteiger partial charge on any atom is 0.227 e. The largest absolute Gasteiger partial charge is 0.370 e. The van der Waals surface area contributed by atoms with Gasteiger partial charge in [-0.1, -0.05) is 61.5 Å². The van der Waals surface area contributed by atoms with Crippen molar-refractivity contribution >= 4 is 18.3 Å². The first kappa shape index (κ1) is 21.4. The van der Waals surface area contributed by atoms with E-state index in [0.29, 0.717) is 13.2 Å². The molecule has 1 heterocycles. The SMILES string of the molecule is Cc1ccccc1C1CN(C(=O)C(C)C(N)c2ccccc2)C(C)CO1.Cl. The fourth-order valence-electron chi connectivity index (χ4n) is 3.58. The van der Waals surface area contributed by atoms with Crippen molar-refractivity contribution < 1.29 is 9.53 Å². The number of amides is 1. The fraction of sp³-hybridized carbons (Fsp3) is 0.409. The summed E-state index contributed by atoms with van der Waals surface area (Å²) in [4.78, 5) is 15.1. The van der Waals surface area contributed by atoms with E-state index in [1.54, 1.807) is 0 Å². The molecule has 0 bridgehead atoms. The highest BCUT2D eigenvalue weighted by Crippen LogP contribution is 2.30. The normalized spacial score (nSPS) is 21.9. The molecule has 4 nitrogen and oxygen atoms in total. The van der Waals surface area contributed by atoms with Crippen LogP contribution in [-0.2, 0) is 9.53 Å². The summed E-state index contributed by atoms with van der Waals surface area (Å²) in [6, 6.07) is 17.8. The minimum atomic E-state index is -0.310. The molecule has 4 unspecified atom stereocenters. The Labute approximate surface area is 168 Å². The van der Waals surface area contributed by atoms with E-state index >= 15 is 0 Å². The van der Waals surface area contributed by atoms with Crippen molar-refractivity contribution in [2.75, 3.05) is 13.2 Å². The van der Waals surface area contributed by atoms with Crippen molar-refractivity contribution in [3.8, 4) is 0 Å². The number of benzene rings is 2. The highest BCUT2D eigenvalue weighted by molar-refractivity contribution is 5.85. The van der Waals surface area contributed by atoms with Crippen LogP contribution >= 0.6 is 12.4 Å². The van der Waals surface area contributed by atoms with Gasteiger partial charge >= 0.3 is 0 Å². The molecule has 3 rings (SSSR count). The average molecular weight is 389 g/mol. The Kier molecular flexibility index (Phi) is 7.42. The van der Waals surface area contributed by atoms with Crippen LogP contribution in [0, 0.1) is 12.8 Å². The van der Waals surface area contributed by atoms with Gasteiger partial charge in [-0.05, 0) is 30.5 Å². The van der Waals surface area contributed by atoms with Gasteiger partial charge in [-0.15, -0.1) is 12.4 Å². The van der Waals surface area contributed by atoms with Crippen LogP contribution < -0.4 is 5.73 Å². The molecule has 1 aliphatic rings. The van der Waals surface area contributed by atoms with E-state index in [-0.39, 0.29) is 42.4 Å². The lowest BCUT2D eigenvalue weighted by atomic mass is 9.93. The predicted octanol–water partition coefficient (Wildman–Crippen LogP) is 4.04. The molecule has 0 aliphatic carbocycles. The second-order valence-electron chi connectivity index (χ2n) is 7.24. The Balaban J connectivity index is 0.00000261. The highest BCUT2D eigenvalue weighted by Gasteiger charge is 2.35. The first-order valence-electron chi connectivity index (χ1n) is 9.27. The monoisotopic (exact) mass is 388 g/mol. The quantitative estimate of drug-likeness (QED) is 0.859. The maximum atomic E-state index is 13.2. The van der Waals surface area contributed by atoms with Crippen LogP contribution in [0.25, 0.3) is 0 Å². The van der Waals surface area contributed by atoms with E-state index in [9.17, 15) is 4.79 Å². The lowest BCUT2D eigenvalue weighted by molar-refractivity contribution is -0.149. The van der Waals surface area contributed by atoms with E-state index < -0.39 is 0 Å². The van der Waals surface area contributed by atoms with Gasteiger partial charge in [-0.3, -0.25) is 4.79 Å². The number of ether oxygens (including phenoxy) is 1. The summed E-state index contributed by atoms with van der Waals surface area (Å²) in [5.74, 6) is -0.189. The summed E-state index contributed by atoms with van der Waals surface area (Å²) in [6.45, 7) is 7.14. The van der Waals surface area contributed by atoms with Gasteiger partial charge in [0.25, 0.3) is 0 Å². The summed E-state index contributed by atoms with van der Waals surface area (Å²) >= 11 is 0. The zero-order valence-electron chi connectivity index (χ0n) is 16.2. The molecule has 0 saturated carbocycles. The van der Waals surface area contributed by atoms with Gasteiger partial charge in [0.15, 0.2) is 0 Å². The van der Waals surface area contributed by atoms with Crippen molar-refractivity contribution in [2.45, 2.75) is 39.0 Å². The van der Waals surface area contributed by atoms with E-state index in [4.69, 9.17) is 10.5 Å². The Morgan fingerprint density at radius 3 is 2.44 bits per heavy atom. The Hall–Kier alpha value is -1.88. The van der Waals surface area contributed by atoms with E-state index in [0.717, 1.165) is 11.1 Å². The standard InChI is InChI=1S/C22H28N2O2.ClH/c1-15-9-7-8-12-19(15)20-13-24(16(2)14-26-20)22(25)17(3)21(23)18-10-5-4-6-11-18;/h4-12,16-17,20-21H,13-14,23H2,1-3H3;1H. The number of carbonyl (C=O) groups excluding carboxylic acids is 1. The molecule has 0 radical (unpaired) electrons. The molecule has 2 aromatic carbocycles. The average Bonchev–Trinajstić information content (AvgIpc) is 2.68. The summed E-state index contributed by atoms with van der Waals surface area (Å²) in [5, 5.41) is 0. The van der Waals surface area contributed by atoms with Crippen LogP contribution in [-0.4, -0.2) is 30.0 Å². The molecular weight excluding hydrogens is 360 g/mol. The second kappa shape index (κ2) is 9.36. The third kappa shape index (κ3) is 4.70. The number of hydrogen-bond acceptors (Lipinski definition) is 3. The van der Waals surface area contributed by atoms with E-state index in [2.05, 4.69) is 19.1 Å². The molecule has 2 N–H and O–H groups in total. The van der Waals surface area contributed by atoms with Crippen molar-refractivity contribution in [3.05, 3.63) is 71.3 Å². The van der Waals surface area contributed by atoms with Crippen molar-refractivity contribution in [1.82, 2.24) is 4.90 Å². The molecule has 2 aromatic rings. The first-order valence-corrected chi connectivity index (χ1v) is 9.27. The molecule has 1 fully saturated rings.